The molecular formula is C21H28O4. The molecule has 0 aromatic rings. The van der Waals surface area contributed by atoms with Crippen molar-refractivity contribution in [2.24, 2.45) is 34.5 Å². The van der Waals surface area contributed by atoms with Crippen LogP contribution in [-0.2, 0) is 14.3 Å². The van der Waals surface area contributed by atoms with Gasteiger partial charge < -0.3 is 9.84 Å². The van der Waals surface area contributed by atoms with Crippen molar-refractivity contribution in [3.05, 3.63) is 11.6 Å². The van der Waals surface area contributed by atoms with Gasteiger partial charge in [0.2, 0.25) is 0 Å². The maximum Gasteiger partial charge on any atom is 0.331 e. The van der Waals surface area contributed by atoms with Crippen LogP contribution in [0.2, 0.25) is 0 Å². The van der Waals surface area contributed by atoms with Gasteiger partial charge in [-0.05, 0) is 67.3 Å². The van der Waals surface area contributed by atoms with Crippen LogP contribution in [0.5, 0.6) is 0 Å². The van der Waals surface area contributed by atoms with E-state index in [9.17, 15) is 14.7 Å². The summed E-state index contributed by atoms with van der Waals surface area (Å²) in [6.07, 6.45) is 7.71. The molecular weight excluding hydrogens is 316 g/mol. The van der Waals surface area contributed by atoms with Crippen LogP contribution in [0.1, 0.15) is 58.8 Å². The van der Waals surface area contributed by atoms with E-state index in [1.807, 2.05) is 0 Å². The van der Waals surface area contributed by atoms with Crippen molar-refractivity contribution >= 4 is 11.8 Å². The van der Waals surface area contributed by atoms with Crippen LogP contribution in [0.3, 0.4) is 0 Å². The number of aliphatic hydroxyl groups excluding tert-OH is 1. The Morgan fingerprint density at radius 1 is 1.16 bits per heavy atom. The van der Waals surface area contributed by atoms with E-state index in [1.54, 1.807) is 6.08 Å². The molecule has 0 saturated heterocycles. The Balaban J connectivity index is 1.53. The maximum absolute atomic E-state index is 13.4. The first-order valence-electron chi connectivity index (χ1n) is 9.96. The predicted octanol–water partition coefficient (Wildman–Crippen LogP) is 3.03. The zero-order chi connectivity index (χ0) is 17.6. The zero-order valence-corrected chi connectivity index (χ0v) is 15.2. The summed E-state index contributed by atoms with van der Waals surface area (Å²) in [6, 6.07) is 0. The third-order valence-corrected chi connectivity index (χ3v) is 8.72. The molecule has 1 aliphatic heterocycles. The van der Waals surface area contributed by atoms with Gasteiger partial charge in [-0.2, -0.15) is 0 Å². The van der Waals surface area contributed by atoms with Gasteiger partial charge >= 0.3 is 5.97 Å². The standard InChI is InChI=1S/C21H28O4/c1-20-6-5-12(22)7-11(20)3-4-13-14-8-17-15(9-18(24)25-17)21(14,2)10-16(23)19(13)20/h9,11-14,17,19,22H,3-8,10H2,1-2H3/t11-,12+,13+,14+,17-,19-,20-,21-/m0/s1. The monoisotopic (exact) mass is 344 g/mol. The molecule has 5 rings (SSSR count). The second kappa shape index (κ2) is 4.97. The van der Waals surface area contributed by atoms with Crippen molar-refractivity contribution in [2.75, 3.05) is 0 Å². The first-order valence-corrected chi connectivity index (χ1v) is 9.96. The Hall–Kier alpha value is -1.16. The number of aliphatic hydroxyl groups is 1. The molecule has 0 spiro atoms. The van der Waals surface area contributed by atoms with E-state index in [0.717, 1.165) is 44.1 Å². The average Bonchev–Trinajstić information content (AvgIpc) is 3.03. The van der Waals surface area contributed by atoms with Crippen molar-refractivity contribution in [1.82, 2.24) is 0 Å². The Bertz CT molecular complexity index is 681. The minimum absolute atomic E-state index is 0.0450. The van der Waals surface area contributed by atoms with Crippen molar-refractivity contribution < 1.29 is 19.4 Å². The first kappa shape index (κ1) is 16.0. The molecule has 4 saturated carbocycles. The third-order valence-electron chi connectivity index (χ3n) is 8.72. The molecule has 1 N–H and O–H groups in total. The fraction of sp³-hybridized carbons (Fsp3) is 0.810. The molecule has 25 heavy (non-hydrogen) atoms. The average molecular weight is 344 g/mol. The molecule has 0 radical (unpaired) electrons. The summed E-state index contributed by atoms with van der Waals surface area (Å²) in [6.45, 7) is 4.51. The fourth-order valence-electron chi connectivity index (χ4n) is 7.57. The van der Waals surface area contributed by atoms with Crippen LogP contribution < -0.4 is 0 Å². The van der Waals surface area contributed by atoms with Gasteiger partial charge in [-0.25, -0.2) is 4.79 Å². The lowest BCUT2D eigenvalue weighted by atomic mass is 9.44. The molecule has 5 aliphatic rings. The second-order valence-corrected chi connectivity index (χ2v) is 9.78. The molecule has 0 aromatic carbocycles. The molecule has 0 bridgehead atoms. The highest BCUT2D eigenvalue weighted by Crippen LogP contribution is 2.67. The SMILES string of the molecule is C[C@]12CC[C@@H](O)C[C@@H]1CC[C@H]1[C@H]2C(=O)C[C@]2(C)C3=CC(=O)O[C@H]3C[C@H]12. The van der Waals surface area contributed by atoms with E-state index in [0.29, 0.717) is 30.0 Å². The number of carbonyl (C=O) groups excluding carboxylic acids is 2. The molecule has 0 aromatic heterocycles. The summed E-state index contributed by atoms with van der Waals surface area (Å²) < 4.78 is 5.53. The highest BCUT2D eigenvalue weighted by Gasteiger charge is 2.64. The molecule has 4 nitrogen and oxygen atoms in total. The number of hydrogen-bond donors (Lipinski definition) is 1. The smallest absolute Gasteiger partial charge is 0.331 e. The molecule has 136 valence electrons. The molecule has 0 amide bonds. The van der Waals surface area contributed by atoms with E-state index in [2.05, 4.69) is 13.8 Å². The Morgan fingerprint density at radius 3 is 2.76 bits per heavy atom. The van der Waals surface area contributed by atoms with Gasteiger partial charge in [0.1, 0.15) is 11.9 Å². The normalized spacial score (nSPS) is 54.1. The lowest BCUT2D eigenvalue weighted by Crippen LogP contribution is -2.57. The number of ether oxygens (including phenoxy) is 1. The number of rotatable bonds is 0. The second-order valence-electron chi connectivity index (χ2n) is 9.78. The quantitative estimate of drug-likeness (QED) is 0.686. The third kappa shape index (κ3) is 1.98. The first-order chi connectivity index (χ1) is 11.8. The van der Waals surface area contributed by atoms with E-state index in [-0.39, 0.29) is 34.9 Å². The molecule has 1 heterocycles. The number of fused-ring (bicyclic) bond motifs is 7. The molecule has 8 atom stereocenters. The Kier molecular flexibility index (Phi) is 3.19. The topological polar surface area (TPSA) is 63.6 Å². The van der Waals surface area contributed by atoms with Gasteiger partial charge in [0, 0.05) is 23.8 Å². The van der Waals surface area contributed by atoms with Gasteiger partial charge in [0.15, 0.2) is 0 Å². The van der Waals surface area contributed by atoms with Gasteiger partial charge in [0.05, 0.1) is 6.10 Å². The van der Waals surface area contributed by atoms with Crippen LogP contribution in [-0.4, -0.2) is 29.1 Å². The highest BCUT2D eigenvalue weighted by molar-refractivity contribution is 5.89. The summed E-state index contributed by atoms with van der Waals surface area (Å²) >= 11 is 0. The van der Waals surface area contributed by atoms with Gasteiger partial charge in [-0.15, -0.1) is 0 Å². The van der Waals surface area contributed by atoms with Gasteiger partial charge in [0.25, 0.3) is 0 Å². The molecule has 4 fully saturated rings. The summed E-state index contributed by atoms with van der Waals surface area (Å²) in [5, 5.41) is 10.1. The number of carbonyl (C=O) groups is 2. The van der Waals surface area contributed by atoms with Crippen molar-refractivity contribution in [3.63, 3.8) is 0 Å². The minimum Gasteiger partial charge on any atom is -0.455 e. The summed E-state index contributed by atoms with van der Waals surface area (Å²) in [7, 11) is 0. The minimum atomic E-state index is -0.230. The van der Waals surface area contributed by atoms with Crippen LogP contribution >= 0.6 is 0 Å². The summed E-state index contributed by atoms with van der Waals surface area (Å²) in [4.78, 5) is 25.1. The van der Waals surface area contributed by atoms with Gasteiger partial charge in [-0.1, -0.05) is 13.8 Å². The van der Waals surface area contributed by atoms with E-state index in [4.69, 9.17) is 4.74 Å². The number of ketones is 1. The number of Topliss-reactive ketones (excluding diaryl/α,β-unsaturated/α-hetero) is 1. The molecule has 0 unspecified atom stereocenters. The summed E-state index contributed by atoms with van der Waals surface area (Å²) in [5.41, 5.74) is 0.941. The fourth-order valence-corrected chi connectivity index (χ4v) is 7.57. The van der Waals surface area contributed by atoms with Crippen LogP contribution in [0.25, 0.3) is 0 Å². The lowest BCUT2D eigenvalue weighted by molar-refractivity contribution is -0.158. The van der Waals surface area contributed by atoms with Crippen LogP contribution in [0, 0.1) is 34.5 Å². The van der Waals surface area contributed by atoms with Crippen molar-refractivity contribution in [3.8, 4) is 0 Å². The van der Waals surface area contributed by atoms with Crippen molar-refractivity contribution in [2.45, 2.75) is 71.0 Å². The van der Waals surface area contributed by atoms with Crippen LogP contribution in [0.4, 0.5) is 0 Å². The van der Waals surface area contributed by atoms with E-state index < -0.39 is 0 Å². The van der Waals surface area contributed by atoms with Crippen molar-refractivity contribution in [1.29, 1.82) is 0 Å². The van der Waals surface area contributed by atoms with Gasteiger partial charge in [-0.3, -0.25) is 4.79 Å². The zero-order valence-electron chi connectivity index (χ0n) is 15.2. The Labute approximate surface area is 149 Å². The number of esters is 1. The molecule has 4 aliphatic carbocycles. The van der Waals surface area contributed by atoms with Crippen LogP contribution in [0.15, 0.2) is 11.6 Å². The number of hydrogen-bond acceptors (Lipinski definition) is 4. The molecule has 4 heteroatoms. The van der Waals surface area contributed by atoms with E-state index in [1.165, 1.54) is 0 Å². The van der Waals surface area contributed by atoms with E-state index >= 15 is 0 Å². The lowest BCUT2D eigenvalue weighted by Gasteiger charge is -2.59. The maximum atomic E-state index is 13.4. The predicted molar refractivity (Wildman–Crippen MR) is 91.5 cm³/mol. The largest absolute Gasteiger partial charge is 0.455 e. The Morgan fingerprint density at radius 2 is 1.96 bits per heavy atom. The highest BCUT2D eigenvalue weighted by atomic mass is 16.5. The summed E-state index contributed by atoms with van der Waals surface area (Å²) in [5.74, 6) is 1.63.